The zero-order valence-electron chi connectivity index (χ0n) is 10.4. The quantitative estimate of drug-likeness (QED) is 0.877. The zero-order valence-corrected chi connectivity index (χ0v) is 11.2. The molecule has 0 aliphatic rings. The molecule has 17 heavy (non-hydrogen) atoms. The molecular weight excluding hydrogens is 230 g/mol. The molecule has 92 valence electrons. The van der Waals surface area contributed by atoms with E-state index >= 15 is 0 Å². The Bertz CT molecular complexity index is 445. The first-order valence-electron chi connectivity index (χ1n) is 6.17. The Kier molecular flexibility index (Phi) is 4.13. The number of aliphatic hydroxyl groups is 1. The number of aromatic nitrogens is 1. The number of hydrogen-bond donors (Lipinski definition) is 1. The Balaban J connectivity index is 1.98. The van der Waals surface area contributed by atoms with Crippen molar-refractivity contribution >= 4 is 21.6 Å². The van der Waals surface area contributed by atoms with Crippen LogP contribution in [0.15, 0.2) is 24.3 Å². The highest BCUT2D eigenvalue weighted by Gasteiger charge is 2.10. The lowest BCUT2D eigenvalue weighted by Gasteiger charge is -2.10. The smallest absolute Gasteiger partial charge is 0.0964 e. The molecule has 0 aliphatic heterocycles. The van der Waals surface area contributed by atoms with Crippen LogP contribution in [0, 0.1) is 5.92 Å². The minimum absolute atomic E-state index is 0.252. The summed E-state index contributed by atoms with van der Waals surface area (Å²) in [4.78, 5) is 4.54. The van der Waals surface area contributed by atoms with E-state index in [2.05, 4.69) is 24.9 Å². The standard InChI is InChI=1S/C14H19NOS/c1-10(2)7-8-11(16)9-14-15-12-5-3-4-6-13(12)17-14/h3-6,10-11,16H,7-9H2,1-2H3. The Morgan fingerprint density at radius 3 is 2.71 bits per heavy atom. The molecule has 0 saturated carbocycles. The largest absolute Gasteiger partial charge is 0.393 e. The molecule has 1 atom stereocenters. The van der Waals surface area contributed by atoms with Crippen molar-refractivity contribution < 1.29 is 5.11 Å². The fraction of sp³-hybridized carbons (Fsp3) is 0.500. The molecule has 1 aromatic heterocycles. The van der Waals surface area contributed by atoms with Gasteiger partial charge in [-0.3, -0.25) is 0 Å². The van der Waals surface area contributed by atoms with Crippen LogP contribution in [0.1, 0.15) is 31.7 Å². The van der Waals surface area contributed by atoms with Gasteiger partial charge in [0.25, 0.3) is 0 Å². The van der Waals surface area contributed by atoms with Gasteiger partial charge in [-0.2, -0.15) is 0 Å². The second-order valence-electron chi connectivity index (χ2n) is 4.90. The van der Waals surface area contributed by atoms with Gasteiger partial charge in [0.05, 0.1) is 21.3 Å². The second-order valence-corrected chi connectivity index (χ2v) is 6.02. The van der Waals surface area contributed by atoms with Gasteiger partial charge in [0, 0.05) is 6.42 Å². The number of fused-ring (bicyclic) bond motifs is 1. The fourth-order valence-electron chi connectivity index (χ4n) is 1.84. The first-order chi connectivity index (χ1) is 8.15. The van der Waals surface area contributed by atoms with E-state index in [9.17, 15) is 5.11 Å². The summed E-state index contributed by atoms with van der Waals surface area (Å²) in [6, 6.07) is 8.13. The van der Waals surface area contributed by atoms with Gasteiger partial charge in [-0.25, -0.2) is 4.98 Å². The van der Waals surface area contributed by atoms with Gasteiger partial charge in [-0.05, 0) is 30.9 Å². The molecule has 0 amide bonds. The summed E-state index contributed by atoms with van der Waals surface area (Å²) >= 11 is 1.69. The lowest BCUT2D eigenvalue weighted by molar-refractivity contribution is 0.157. The molecule has 0 fully saturated rings. The van der Waals surface area contributed by atoms with Gasteiger partial charge in [0.15, 0.2) is 0 Å². The lowest BCUT2D eigenvalue weighted by Crippen LogP contribution is -2.11. The fourth-order valence-corrected chi connectivity index (χ4v) is 2.88. The van der Waals surface area contributed by atoms with Crippen molar-refractivity contribution in [1.29, 1.82) is 0 Å². The van der Waals surface area contributed by atoms with Crippen molar-refractivity contribution in [1.82, 2.24) is 4.98 Å². The maximum Gasteiger partial charge on any atom is 0.0964 e. The van der Waals surface area contributed by atoms with Crippen LogP contribution in [0.2, 0.25) is 0 Å². The van der Waals surface area contributed by atoms with Crippen molar-refractivity contribution in [2.24, 2.45) is 5.92 Å². The van der Waals surface area contributed by atoms with Crippen LogP contribution in [-0.2, 0) is 6.42 Å². The highest BCUT2D eigenvalue weighted by molar-refractivity contribution is 7.18. The number of nitrogens with zero attached hydrogens (tertiary/aromatic N) is 1. The van der Waals surface area contributed by atoms with Gasteiger partial charge >= 0.3 is 0 Å². The molecule has 3 heteroatoms. The number of para-hydroxylation sites is 1. The highest BCUT2D eigenvalue weighted by atomic mass is 32.1. The topological polar surface area (TPSA) is 33.1 Å². The number of rotatable bonds is 5. The highest BCUT2D eigenvalue weighted by Crippen LogP contribution is 2.23. The van der Waals surface area contributed by atoms with Crippen LogP contribution in [0.4, 0.5) is 0 Å². The van der Waals surface area contributed by atoms with Crippen molar-refractivity contribution in [3.63, 3.8) is 0 Å². The second kappa shape index (κ2) is 5.61. The molecule has 2 rings (SSSR count). The Hall–Kier alpha value is -0.930. The van der Waals surface area contributed by atoms with Crippen molar-refractivity contribution in [3.05, 3.63) is 29.3 Å². The van der Waals surface area contributed by atoms with E-state index in [-0.39, 0.29) is 6.10 Å². The van der Waals surface area contributed by atoms with Crippen LogP contribution in [-0.4, -0.2) is 16.2 Å². The first-order valence-corrected chi connectivity index (χ1v) is 6.99. The molecule has 0 aliphatic carbocycles. The molecule has 0 radical (unpaired) electrons. The molecule has 1 aromatic carbocycles. The monoisotopic (exact) mass is 249 g/mol. The average molecular weight is 249 g/mol. The summed E-state index contributed by atoms with van der Waals surface area (Å²) in [7, 11) is 0. The summed E-state index contributed by atoms with van der Waals surface area (Å²) < 4.78 is 1.21. The number of benzene rings is 1. The van der Waals surface area contributed by atoms with Crippen LogP contribution >= 0.6 is 11.3 Å². The van der Waals surface area contributed by atoms with E-state index in [0.717, 1.165) is 23.4 Å². The Morgan fingerprint density at radius 2 is 2.00 bits per heavy atom. The van der Waals surface area contributed by atoms with Crippen LogP contribution in [0.5, 0.6) is 0 Å². The van der Waals surface area contributed by atoms with E-state index in [4.69, 9.17) is 0 Å². The maximum atomic E-state index is 9.94. The van der Waals surface area contributed by atoms with E-state index in [1.165, 1.54) is 4.70 Å². The minimum atomic E-state index is -0.252. The number of hydrogen-bond acceptors (Lipinski definition) is 3. The molecule has 1 heterocycles. The Morgan fingerprint density at radius 1 is 1.24 bits per heavy atom. The van der Waals surface area contributed by atoms with E-state index in [1.54, 1.807) is 11.3 Å². The third kappa shape index (κ3) is 3.51. The predicted octanol–water partition coefficient (Wildman–Crippen LogP) is 3.64. The lowest BCUT2D eigenvalue weighted by atomic mass is 10.0. The summed E-state index contributed by atoms with van der Waals surface area (Å²) in [5.41, 5.74) is 1.04. The molecule has 2 aromatic rings. The summed E-state index contributed by atoms with van der Waals surface area (Å²) in [6.07, 6.45) is 2.38. The average Bonchev–Trinajstić information content (AvgIpc) is 2.68. The van der Waals surface area contributed by atoms with Crippen LogP contribution < -0.4 is 0 Å². The van der Waals surface area contributed by atoms with Crippen molar-refractivity contribution in [2.45, 2.75) is 39.2 Å². The molecule has 0 spiro atoms. The maximum absolute atomic E-state index is 9.94. The molecule has 0 saturated heterocycles. The molecule has 2 nitrogen and oxygen atoms in total. The third-order valence-corrected chi connectivity index (χ3v) is 3.88. The van der Waals surface area contributed by atoms with E-state index in [0.29, 0.717) is 12.3 Å². The van der Waals surface area contributed by atoms with Gasteiger partial charge in [-0.1, -0.05) is 26.0 Å². The summed E-state index contributed by atoms with van der Waals surface area (Å²) in [5, 5.41) is 11.0. The van der Waals surface area contributed by atoms with Gasteiger partial charge in [0.1, 0.15) is 0 Å². The number of thiazole rings is 1. The molecular formula is C14H19NOS. The van der Waals surface area contributed by atoms with Gasteiger partial charge in [-0.15, -0.1) is 11.3 Å². The number of aliphatic hydroxyl groups excluding tert-OH is 1. The summed E-state index contributed by atoms with van der Waals surface area (Å²) in [5.74, 6) is 0.653. The van der Waals surface area contributed by atoms with Gasteiger partial charge < -0.3 is 5.11 Å². The van der Waals surface area contributed by atoms with Crippen molar-refractivity contribution in [2.75, 3.05) is 0 Å². The third-order valence-electron chi connectivity index (χ3n) is 2.83. The SMILES string of the molecule is CC(C)CCC(O)Cc1nc2ccccc2s1. The van der Waals surface area contributed by atoms with Crippen LogP contribution in [0.3, 0.4) is 0 Å². The van der Waals surface area contributed by atoms with Crippen LogP contribution in [0.25, 0.3) is 10.2 Å². The molecule has 1 unspecified atom stereocenters. The van der Waals surface area contributed by atoms with Gasteiger partial charge in [0.2, 0.25) is 0 Å². The normalized spacial score (nSPS) is 13.4. The molecule has 0 bridgehead atoms. The first kappa shape index (κ1) is 12.5. The van der Waals surface area contributed by atoms with E-state index < -0.39 is 0 Å². The van der Waals surface area contributed by atoms with Crippen molar-refractivity contribution in [3.8, 4) is 0 Å². The molecule has 1 N–H and O–H groups in total. The summed E-state index contributed by atoms with van der Waals surface area (Å²) in [6.45, 7) is 4.37. The predicted molar refractivity (Wildman–Crippen MR) is 73.4 cm³/mol. The minimum Gasteiger partial charge on any atom is -0.393 e. The Labute approximate surface area is 106 Å². The van der Waals surface area contributed by atoms with E-state index in [1.807, 2.05) is 18.2 Å². The zero-order chi connectivity index (χ0) is 12.3.